The van der Waals surface area contributed by atoms with Gasteiger partial charge in [-0.25, -0.2) is 0 Å². The van der Waals surface area contributed by atoms with Crippen LogP contribution in [0.25, 0.3) is 0 Å². The van der Waals surface area contributed by atoms with E-state index in [9.17, 15) is 0 Å². The molecule has 0 fully saturated rings. The molecule has 74 valence electrons. The highest BCUT2D eigenvalue weighted by Gasteiger charge is 2.22. The van der Waals surface area contributed by atoms with E-state index in [0.717, 1.165) is 17.8 Å². The summed E-state index contributed by atoms with van der Waals surface area (Å²) in [6.07, 6.45) is 0. The van der Waals surface area contributed by atoms with Crippen LogP contribution >= 0.6 is 11.6 Å². The minimum absolute atomic E-state index is 0.0618. The summed E-state index contributed by atoms with van der Waals surface area (Å²) in [7, 11) is 1.90. The molecule has 3 nitrogen and oxygen atoms in total. The normalized spacial score (nSPS) is 12.1. The molecule has 0 atom stereocenters. The number of nitrogens with zero attached hydrogens (tertiary/aromatic N) is 1. The van der Waals surface area contributed by atoms with E-state index < -0.39 is 0 Å². The summed E-state index contributed by atoms with van der Waals surface area (Å²) in [5, 5.41) is 10.6. The van der Waals surface area contributed by atoms with Gasteiger partial charge in [0.1, 0.15) is 0 Å². The Morgan fingerprint density at radius 2 is 2.08 bits per heavy atom. The van der Waals surface area contributed by atoms with Crippen LogP contribution < -0.4 is 5.32 Å². The molecular weight excluding hydrogens is 186 g/mol. The molecule has 1 heterocycles. The smallest absolute Gasteiger partial charge is 0.155 e. The lowest BCUT2D eigenvalue weighted by Gasteiger charge is -2.18. The summed E-state index contributed by atoms with van der Waals surface area (Å²) >= 11 is 5.95. The predicted molar refractivity (Wildman–Crippen MR) is 55.1 cm³/mol. The highest BCUT2D eigenvalue weighted by atomic mass is 35.5. The van der Waals surface area contributed by atoms with E-state index in [2.05, 4.69) is 36.3 Å². The highest BCUT2D eigenvalue weighted by Crippen LogP contribution is 2.27. The molecule has 0 saturated carbocycles. The predicted octanol–water partition coefficient (Wildman–Crippen LogP) is 2.08. The molecule has 0 aliphatic rings. The quantitative estimate of drug-likeness (QED) is 0.770. The van der Waals surface area contributed by atoms with Crippen molar-refractivity contribution in [2.45, 2.75) is 32.7 Å². The van der Waals surface area contributed by atoms with Gasteiger partial charge >= 0.3 is 0 Å². The maximum atomic E-state index is 5.95. The Kier molecular flexibility index (Phi) is 2.98. The van der Waals surface area contributed by atoms with E-state index in [-0.39, 0.29) is 5.41 Å². The molecule has 0 unspecified atom stereocenters. The van der Waals surface area contributed by atoms with Crippen molar-refractivity contribution in [3.05, 3.63) is 16.4 Å². The Balaban J connectivity index is 3.07. The molecule has 0 saturated heterocycles. The zero-order chi connectivity index (χ0) is 10.1. The molecule has 0 amide bonds. The Bertz CT molecular complexity index is 286. The second-order valence-corrected chi connectivity index (χ2v) is 4.51. The molecule has 0 aliphatic heterocycles. The fourth-order valence-corrected chi connectivity index (χ4v) is 1.51. The van der Waals surface area contributed by atoms with Crippen LogP contribution in [0.4, 0.5) is 0 Å². The van der Waals surface area contributed by atoms with Gasteiger partial charge < -0.3 is 5.32 Å². The number of hydrogen-bond donors (Lipinski definition) is 2. The molecule has 1 rings (SSSR count). The summed E-state index contributed by atoms with van der Waals surface area (Å²) in [6.45, 7) is 7.16. The first kappa shape index (κ1) is 10.5. The van der Waals surface area contributed by atoms with Gasteiger partial charge in [-0.05, 0) is 7.05 Å². The Labute approximate surface area is 83.9 Å². The molecule has 1 aromatic rings. The van der Waals surface area contributed by atoms with Gasteiger partial charge in [-0.15, -0.1) is 0 Å². The van der Waals surface area contributed by atoms with E-state index >= 15 is 0 Å². The van der Waals surface area contributed by atoms with Crippen molar-refractivity contribution in [3.63, 3.8) is 0 Å². The number of rotatable bonds is 2. The topological polar surface area (TPSA) is 40.7 Å². The van der Waals surface area contributed by atoms with E-state index in [4.69, 9.17) is 11.6 Å². The summed E-state index contributed by atoms with van der Waals surface area (Å²) < 4.78 is 0. The second-order valence-electron chi connectivity index (χ2n) is 4.15. The summed E-state index contributed by atoms with van der Waals surface area (Å²) in [6, 6.07) is 0. The molecular formula is C9H16ClN3. The van der Waals surface area contributed by atoms with Gasteiger partial charge in [0.2, 0.25) is 0 Å². The lowest BCUT2D eigenvalue weighted by molar-refractivity contribution is 0.557. The lowest BCUT2D eigenvalue weighted by atomic mass is 9.89. The zero-order valence-corrected chi connectivity index (χ0v) is 9.29. The first-order valence-corrected chi connectivity index (χ1v) is 4.72. The molecule has 2 N–H and O–H groups in total. The van der Waals surface area contributed by atoms with Crippen LogP contribution in [0.2, 0.25) is 5.15 Å². The third-order valence-electron chi connectivity index (χ3n) is 1.92. The third-order valence-corrected chi connectivity index (χ3v) is 2.23. The van der Waals surface area contributed by atoms with Crippen molar-refractivity contribution < 1.29 is 0 Å². The number of aromatic nitrogens is 2. The summed E-state index contributed by atoms with van der Waals surface area (Å²) in [5.74, 6) is 0. The van der Waals surface area contributed by atoms with Crippen LogP contribution in [0, 0.1) is 0 Å². The molecule has 0 aliphatic carbocycles. The Morgan fingerprint density at radius 3 is 2.54 bits per heavy atom. The number of hydrogen-bond acceptors (Lipinski definition) is 2. The van der Waals surface area contributed by atoms with Crippen molar-refractivity contribution in [1.29, 1.82) is 0 Å². The van der Waals surface area contributed by atoms with Crippen LogP contribution in [0.3, 0.4) is 0 Å². The van der Waals surface area contributed by atoms with Gasteiger partial charge in [-0.2, -0.15) is 5.10 Å². The van der Waals surface area contributed by atoms with Crippen LogP contribution in [0.15, 0.2) is 0 Å². The van der Waals surface area contributed by atoms with Crippen molar-refractivity contribution in [3.8, 4) is 0 Å². The van der Waals surface area contributed by atoms with Gasteiger partial charge in [-0.3, -0.25) is 5.10 Å². The van der Waals surface area contributed by atoms with Gasteiger partial charge in [0, 0.05) is 23.2 Å². The fourth-order valence-electron chi connectivity index (χ4n) is 1.30. The van der Waals surface area contributed by atoms with Gasteiger partial charge in [0.25, 0.3) is 0 Å². The molecule has 13 heavy (non-hydrogen) atoms. The maximum absolute atomic E-state index is 5.95. The zero-order valence-electron chi connectivity index (χ0n) is 8.53. The van der Waals surface area contributed by atoms with E-state index in [1.54, 1.807) is 0 Å². The average Bonchev–Trinajstić information content (AvgIpc) is 2.32. The van der Waals surface area contributed by atoms with E-state index in [0.29, 0.717) is 5.15 Å². The number of aromatic amines is 1. The first-order chi connectivity index (χ1) is 5.96. The van der Waals surface area contributed by atoms with Gasteiger partial charge in [-0.1, -0.05) is 32.4 Å². The molecule has 0 aromatic carbocycles. The molecule has 0 bridgehead atoms. The fraction of sp³-hybridized carbons (Fsp3) is 0.667. The van der Waals surface area contributed by atoms with Crippen LogP contribution in [0.1, 0.15) is 32.0 Å². The van der Waals surface area contributed by atoms with Crippen LogP contribution in [-0.4, -0.2) is 17.2 Å². The maximum Gasteiger partial charge on any atom is 0.155 e. The summed E-state index contributed by atoms with van der Waals surface area (Å²) in [5.41, 5.74) is 2.23. The van der Waals surface area contributed by atoms with Crippen molar-refractivity contribution in [2.75, 3.05) is 7.05 Å². The first-order valence-electron chi connectivity index (χ1n) is 4.34. The minimum atomic E-state index is 0.0618. The Hall–Kier alpha value is -0.540. The second kappa shape index (κ2) is 3.68. The SMILES string of the molecule is CNCc1c(Cl)n[nH]c1C(C)(C)C. The largest absolute Gasteiger partial charge is 0.316 e. The monoisotopic (exact) mass is 201 g/mol. The van der Waals surface area contributed by atoms with E-state index in [1.807, 2.05) is 7.05 Å². The molecule has 0 radical (unpaired) electrons. The number of nitrogens with one attached hydrogen (secondary N) is 2. The lowest BCUT2D eigenvalue weighted by Crippen LogP contribution is -2.17. The van der Waals surface area contributed by atoms with Crippen LogP contribution in [0.5, 0.6) is 0 Å². The molecule has 0 spiro atoms. The number of halogens is 1. The molecule has 4 heteroatoms. The van der Waals surface area contributed by atoms with E-state index in [1.165, 1.54) is 0 Å². The third kappa shape index (κ3) is 2.23. The standard InChI is InChI=1S/C9H16ClN3/c1-9(2,3)7-6(5-11-4)8(10)13-12-7/h11H,5H2,1-4H3,(H,12,13). The van der Waals surface area contributed by atoms with Gasteiger partial charge in [0.15, 0.2) is 5.15 Å². The molecule has 1 aromatic heterocycles. The van der Waals surface area contributed by atoms with Crippen molar-refractivity contribution in [2.24, 2.45) is 0 Å². The highest BCUT2D eigenvalue weighted by molar-refractivity contribution is 6.30. The number of H-pyrrole nitrogens is 1. The minimum Gasteiger partial charge on any atom is -0.316 e. The van der Waals surface area contributed by atoms with Gasteiger partial charge in [0.05, 0.1) is 0 Å². The van der Waals surface area contributed by atoms with Crippen LogP contribution in [-0.2, 0) is 12.0 Å². The average molecular weight is 202 g/mol. The van der Waals surface area contributed by atoms with Crippen molar-refractivity contribution in [1.82, 2.24) is 15.5 Å². The van der Waals surface area contributed by atoms with Crippen molar-refractivity contribution >= 4 is 11.6 Å². The summed E-state index contributed by atoms with van der Waals surface area (Å²) in [4.78, 5) is 0. The Morgan fingerprint density at radius 1 is 1.46 bits per heavy atom.